The minimum atomic E-state index is -0.588. The zero-order chi connectivity index (χ0) is 16.1. The van der Waals surface area contributed by atoms with E-state index in [-0.39, 0.29) is 35.7 Å². The van der Waals surface area contributed by atoms with Gasteiger partial charge in [-0.25, -0.2) is 0 Å². The fraction of sp³-hybridized carbons (Fsp3) is 0.632. The van der Waals surface area contributed by atoms with Crippen molar-refractivity contribution in [2.75, 3.05) is 4.90 Å². The minimum absolute atomic E-state index is 0.0734. The first-order valence-corrected chi connectivity index (χ1v) is 8.74. The number of fused-ring (bicyclic) bond motifs is 2. The summed E-state index contributed by atoms with van der Waals surface area (Å²) in [7, 11) is 0. The van der Waals surface area contributed by atoms with Gasteiger partial charge in [-0.3, -0.25) is 9.69 Å². The molecule has 0 aromatic heterocycles. The molecule has 2 aliphatic carbocycles. The van der Waals surface area contributed by atoms with E-state index in [1.165, 1.54) is 0 Å². The average molecular weight is 313 g/mol. The SMILES string of the molecule is Cc1ccccc1N1C(=O)C2C3CC4C(OC1(C(C)C)C42)C3O. The number of nitrogens with zero attached hydrogens (tertiary/aromatic N) is 1. The smallest absolute Gasteiger partial charge is 0.233 e. The monoisotopic (exact) mass is 313 g/mol. The van der Waals surface area contributed by atoms with Crippen molar-refractivity contribution >= 4 is 11.6 Å². The summed E-state index contributed by atoms with van der Waals surface area (Å²) >= 11 is 0. The Balaban J connectivity index is 1.73. The molecule has 0 radical (unpaired) electrons. The van der Waals surface area contributed by atoms with E-state index in [4.69, 9.17) is 4.74 Å². The molecular weight excluding hydrogens is 290 g/mol. The highest BCUT2D eigenvalue weighted by atomic mass is 16.6. The summed E-state index contributed by atoms with van der Waals surface area (Å²) in [4.78, 5) is 15.3. The molecule has 7 unspecified atom stereocenters. The number of carbonyl (C=O) groups excluding carboxylic acids is 1. The molecule has 1 aromatic rings. The maximum absolute atomic E-state index is 13.4. The summed E-state index contributed by atoms with van der Waals surface area (Å²) < 4.78 is 6.54. The lowest BCUT2D eigenvalue weighted by Gasteiger charge is -2.42. The first kappa shape index (κ1) is 14.0. The van der Waals surface area contributed by atoms with Crippen LogP contribution in [0.5, 0.6) is 0 Å². The second-order valence-corrected chi connectivity index (χ2v) is 8.05. The van der Waals surface area contributed by atoms with Crippen LogP contribution >= 0.6 is 0 Å². The largest absolute Gasteiger partial charge is 0.390 e. The molecule has 0 spiro atoms. The van der Waals surface area contributed by atoms with Gasteiger partial charge in [-0.05, 0) is 36.8 Å². The lowest BCUT2D eigenvalue weighted by Crippen LogP contribution is -2.54. The molecule has 2 saturated heterocycles. The van der Waals surface area contributed by atoms with Crippen LogP contribution in [0.4, 0.5) is 5.69 Å². The zero-order valence-electron chi connectivity index (χ0n) is 13.8. The predicted octanol–water partition coefficient (Wildman–Crippen LogP) is 2.34. The molecule has 2 heterocycles. The van der Waals surface area contributed by atoms with E-state index in [9.17, 15) is 9.90 Å². The molecule has 2 aliphatic heterocycles. The Morgan fingerprint density at radius 3 is 2.74 bits per heavy atom. The molecule has 122 valence electrons. The van der Waals surface area contributed by atoms with Gasteiger partial charge in [-0.2, -0.15) is 0 Å². The van der Waals surface area contributed by atoms with E-state index in [0.29, 0.717) is 5.92 Å². The van der Waals surface area contributed by atoms with Gasteiger partial charge in [0.15, 0.2) is 5.72 Å². The summed E-state index contributed by atoms with van der Waals surface area (Å²) in [5.41, 5.74) is 1.48. The van der Waals surface area contributed by atoms with E-state index in [2.05, 4.69) is 13.8 Å². The summed E-state index contributed by atoms with van der Waals surface area (Å²) in [5, 5.41) is 10.6. The predicted molar refractivity (Wildman–Crippen MR) is 85.7 cm³/mol. The fourth-order valence-electron chi connectivity index (χ4n) is 6.11. The maximum Gasteiger partial charge on any atom is 0.233 e. The number of aliphatic hydroxyl groups is 1. The van der Waals surface area contributed by atoms with Gasteiger partial charge in [0, 0.05) is 17.5 Å². The number of rotatable bonds is 2. The zero-order valence-corrected chi connectivity index (χ0v) is 13.8. The molecule has 4 aliphatic rings. The van der Waals surface area contributed by atoms with Crippen molar-refractivity contribution in [1.29, 1.82) is 0 Å². The van der Waals surface area contributed by atoms with Gasteiger partial charge in [-0.1, -0.05) is 32.0 Å². The standard InChI is InChI=1S/C19H23NO3/c1-9(2)19-15-12-8-11(16(21)17(12)23-19)14(15)18(22)20(19)13-7-5-4-6-10(13)3/h4-7,9,11-12,14-17,21H,8H2,1-3H3. The first-order chi connectivity index (χ1) is 11.0. The van der Waals surface area contributed by atoms with Crippen molar-refractivity contribution in [3.8, 4) is 0 Å². The third kappa shape index (κ3) is 1.35. The lowest BCUT2D eigenvalue weighted by molar-refractivity contribution is -0.136. The summed E-state index contributed by atoms with van der Waals surface area (Å²) in [6.45, 7) is 6.34. The number of hydrogen-bond donors (Lipinski definition) is 1. The number of aryl methyl sites for hydroxylation is 1. The van der Waals surface area contributed by atoms with Crippen molar-refractivity contribution in [2.24, 2.45) is 29.6 Å². The molecule has 1 N–H and O–H groups in total. The Morgan fingerprint density at radius 2 is 2.04 bits per heavy atom. The maximum atomic E-state index is 13.4. The van der Waals surface area contributed by atoms with Crippen LogP contribution in [0.25, 0.3) is 0 Å². The van der Waals surface area contributed by atoms with E-state index >= 15 is 0 Å². The Hall–Kier alpha value is -1.39. The summed E-state index contributed by atoms with van der Waals surface area (Å²) in [6, 6.07) is 8.06. The van der Waals surface area contributed by atoms with Crippen molar-refractivity contribution < 1.29 is 14.6 Å². The second kappa shape index (κ2) is 4.17. The van der Waals surface area contributed by atoms with Gasteiger partial charge < -0.3 is 9.84 Å². The highest BCUT2D eigenvalue weighted by molar-refractivity contribution is 6.01. The molecule has 2 saturated carbocycles. The van der Waals surface area contributed by atoms with Gasteiger partial charge in [-0.15, -0.1) is 0 Å². The van der Waals surface area contributed by atoms with E-state index < -0.39 is 11.8 Å². The molecule has 4 nitrogen and oxygen atoms in total. The van der Waals surface area contributed by atoms with Crippen LogP contribution in [0.1, 0.15) is 25.8 Å². The molecule has 7 atom stereocenters. The topological polar surface area (TPSA) is 49.8 Å². The fourth-order valence-corrected chi connectivity index (χ4v) is 6.11. The van der Waals surface area contributed by atoms with Crippen LogP contribution in [0.3, 0.4) is 0 Å². The number of ether oxygens (including phenoxy) is 1. The highest BCUT2D eigenvalue weighted by Gasteiger charge is 2.79. The number of hydrogen-bond acceptors (Lipinski definition) is 3. The Labute approximate surface area is 136 Å². The summed E-state index contributed by atoms with van der Waals surface area (Å²) in [5.74, 6) is 0.918. The lowest BCUT2D eigenvalue weighted by atomic mass is 9.74. The van der Waals surface area contributed by atoms with E-state index in [0.717, 1.165) is 17.7 Å². The molecule has 1 amide bonds. The molecule has 5 rings (SSSR count). The van der Waals surface area contributed by atoms with Gasteiger partial charge in [0.1, 0.15) is 0 Å². The second-order valence-electron chi connectivity index (χ2n) is 8.05. The quantitative estimate of drug-likeness (QED) is 0.912. The van der Waals surface area contributed by atoms with Crippen molar-refractivity contribution in [2.45, 2.75) is 45.1 Å². The molecule has 4 heteroatoms. The average Bonchev–Trinajstić information content (AvgIpc) is 3.16. The Bertz CT molecular complexity index is 702. The Morgan fingerprint density at radius 1 is 1.30 bits per heavy atom. The molecular formula is C19H23NO3. The van der Waals surface area contributed by atoms with Crippen LogP contribution in [0.15, 0.2) is 24.3 Å². The van der Waals surface area contributed by atoms with Gasteiger partial charge in [0.25, 0.3) is 0 Å². The van der Waals surface area contributed by atoms with Gasteiger partial charge in [0.2, 0.25) is 5.91 Å². The molecule has 1 aromatic carbocycles. The third-order valence-electron chi connectivity index (χ3n) is 6.89. The molecule has 23 heavy (non-hydrogen) atoms. The van der Waals surface area contributed by atoms with Crippen LogP contribution in [0, 0.1) is 36.5 Å². The van der Waals surface area contributed by atoms with Gasteiger partial charge in [0.05, 0.1) is 18.1 Å². The first-order valence-electron chi connectivity index (χ1n) is 8.74. The Kier molecular flexibility index (Phi) is 2.54. The highest BCUT2D eigenvalue weighted by Crippen LogP contribution is 2.69. The van der Waals surface area contributed by atoms with Crippen LogP contribution in [-0.2, 0) is 9.53 Å². The van der Waals surface area contributed by atoms with E-state index in [1.54, 1.807) is 0 Å². The van der Waals surface area contributed by atoms with Crippen LogP contribution < -0.4 is 4.90 Å². The normalized spacial score (nSPS) is 46.5. The van der Waals surface area contributed by atoms with Gasteiger partial charge >= 0.3 is 0 Å². The summed E-state index contributed by atoms with van der Waals surface area (Å²) in [6.07, 6.45) is 0.385. The number of benzene rings is 1. The number of carbonyl (C=O) groups is 1. The minimum Gasteiger partial charge on any atom is -0.390 e. The molecule has 2 bridgehead atoms. The third-order valence-corrected chi connectivity index (χ3v) is 6.89. The number of para-hydroxylation sites is 1. The number of amides is 1. The van der Waals surface area contributed by atoms with Crippen molar-refractivity contribution in [1.82, 2.24) is 0 Å². The van der Waals surface area contributed by atoms with Crippen molar-refractivity contribution in [3.63, 3.8) is 0 Å². The molecule has 4 fully saturated rings. The number of aliphatic hydroxyl groups excluding tert-OH is 1. The van der Waals surface area contributed by atoms with Crippen LogP contribution in [-0.4, -0.2) is 28.9 Å². The number of anilines is 1. The van der Waals surface area contributed by atoms with E-state index in [1.807, 2.05) is 36.1 Å². The van der Waals surface area contributed by atoms with Crippen molar-refractivity contribution in [3.05, 3.63) is 29.8 Å². The van der Waals surface area contributed by atoms with Crippen LogP contribution in [0.2, 0.25) is 0 Å².